The Hall–Kier alpha value is -2.02. The van der Waals surface area contributed by atoms with Crippen molar-refractivity contribution in [1.29, 1.82) is 0 Å². The lowest BCUT2D eigenvalue weighted by Gasteiger charge is -2.00. The molecule has 0 aromatic carbocycles. The van der Waals surface area contributed by atoms with Gasteiger partial charge < -0.3 is 10.1 Å². The first-order valence-corrected chi connectivity index (χ1v) is 6.38. The molecule has 3 aromatic heterocycles. The quantitative estimate of drug-likeness (QED) is 0.555. The predicted molar refractivity (Wildman–Crippen MR) is 67.5 cm³/mol. The number of thioether (sulfide) groups is 1. The van der Waals surface area contributed by atoms with Crippen molar-refractivity contribution < 1.29 is 5.11 Å². The van der Waals surface area contributed by atoms with E-state index in [0.29, 0.717) is 10.9 Å². The highest BCUT2D eigenvalue weighted by molar-refractivity contribution is 7.98. The monoisotopic (exact) mass is 261 g/mol. The van der Waals surface area contributed by atoms with Crippen molar-refractivity contribution in [2.45, 2.75) is 17.8 Å². The Kier molecular flexibility index (Phi) is 2.67. The standard InChI is InChI=1S/C11H11N5OS/c1-7-4-9(17)15-11(13-7)18-6-8-5-16-3-2-12-10(16)14-8/h2-5H,6H2,1H3,(H,12,14)(H,13,15,17). The molecular formula is C11H11N5OS. The maximum absolute atomic E-state index is 9.38. The summed E-state index contributed by atoms with van der Waals surface area (Å²) in [5.74, 6) is 1.49. The molecule has 0 bridgehead atoms. The van der Waals surface area contributed by atoms with Crippen LogP contribution in [-0.4, -0.2) is 29.4 Å². The third-order valence-corrected chi connectivity index (χ3v) is 3.28. The Morgan fingerprint density at radius 1 is 1.39 bits per heavy atom. The molecule has 3 heterocycles. The number of hydrogen-bond donors (Lipinski definition) is 2. The first kappa shape index (κ1) is 11.1. The minimum atomic E-state index is 0.00179. The maximum Gasteiger partial charge on any atom is 0.215 e. The normalized spacial score (nSPS) is 11.2. The van der Waals surface area contributed by atoms with Gasteiger partial charge in [0.1, 0.15) is 0 Å². The second-order valence-corrected chi connectivity index (χ2v) is 4.80. The molecule has 0 unspecified atom stereocenters. The lowest BCUT2D eigenvalue weighted by atomic mass is 10.4. The summed E-state index contributed by atoms with van der Waals surface area (Å²) in [6, 6.07) is 1.53. The van der Waals surface area contributed by atoms with E-state index in [1.165, 1.54) is 17.8 Å². The number of aromatic hydroxyl groups is 1. The topological polar surface area (TPSA) is 79.1 Å². The van der Waals surface area contributed by atoms with E-state index in [9.17, 15) is 5.11 Å². The molecule has 0 atom stereocenters. The second kappa shape index (κ2) is 4.34. The van der Waals surface area contributed by atoms with Crippen molar-refractivity contribution >= 4 is 17.5 Å². The molecule has 0 fully saturated rings. The van der Waals surface area contributed by atoms with Gasteiger partial charge in [-0.1, -0.05) is 11.8 Å². The van der Waals surface area contributed by atoms with Gasteiger partial charge in [-0.15, -0.1) is 0 Å². The van der Waals surface area contributed by atoms with Gasteiger partial charge in [0.25, 0.3) is 0 Å². The summed E-state index contributed by atoms with van der Waals surface area (Å²) in [6.07, 6.45) is 5.70. The van der Waals surface area contributed by atoms with Crippen LogP contribution < -0.4 is 0 Å². The average molecular weight is 261 g/mol. The SMILES string of the molecule is Cc1cc(O)nc(SCc2cn3cc[nH]c3n2)n1. The Balaban J connectivity index is 1.75. The molecule has 0 aliphatic rings. The molecule has 18 heavy (non-hydrogen) atoms. The first-order valence-electron chi connectivity index (χ1n) is 5.39. The van der Waals surface area contributed by atoms with E-state index in [1.807, 2.05) is 29.9 Å². The summed E-state index contributed by atoms with van der Waals surface area (Å²) in [5, 5.41) is 9.94. The summed E-state index contributed by atoms with van der Waals surface area (Å²) in [4.78, 5) is 15.6. The summed E-state index contributed by atoms with van der Waals surface area (Å²) >= 11 is 1.45. The molecule has 0 amide bonds. The number of aromatic nitrogens is 5. The van der Waals surface area contributed by atoms with Gasteiger partial charge in [-0.05, 0) is 6.92 Å². The van der Waals surface area contributed by atoms with Gasteiger partial charge >= 0.3 is 0 Å². The molecule has 92 valence electrons. The molecule has 7 heteroatoms. The van der Waals surface area contributed by atoms with E-state index < -0.39 is 0 Å². The number of fused-ring (bicyclic) bond motifs is 1. The van der Waals surface area contributed by atoms with E-state index in [-0.39, 0.29) is 5.88 Å². The van der Waals surface area contributed by atoms with Crippen LogP contribution in [0, 0.1) is 6.92 Å². The Labute approximate surface area is 107 Å². The van der Waals surface area contributed by atoms with Crippen LogP contribution in [0.5, 0.6) is 5.88 Å². The average Bonchev–Trinajstić information content (AvgIpc) is 2.84. The minimum Gasteiger partial charge on any atom is -0.493 e. The van der Waals surface area contributed by atoms with Crippen LogP contribution in [0.1, 0.15) is 11.4 Å². The van der Waals surface area contributed by atoms with Gasteiger partial charge in [-0.3, -0.25) is 4.40 Å². The number of aryl methyl sites for hydroxylation is 1. The van der Waals surface area contributed by atoms with Crippen molar-refractivity contribution in [3.8, 4) is 5.88 Å². The molecule has 0 radical (unpaired) electrons. The largest absolute Gasteiger partial charge is 0.493 e. The maximum atomic E-state index is 9.38. The van der Waals surface area contributed by atoms with Crippen LogP contribution in [0.15, 0.2) is 29.8 Å². The molecule has 2 N–H and O–H groups in total. The zero-order valence-electron chi connectivity index (χ0n) is 9.66. The Morgan fingerprint density at radius 2 is 2.28 bits per heavy atom. The molecule has 0 aliphatic carbocycles. The smallest absolute Gasteiger partial charge is 0.215 e. The van der Waals surface area contributed by atoms with Gasteiger partial charge in [0.05, 0.1) is 5.69 Å². The van der Waals surface area contributed by atoms with Gasteiger partial charge in [-0.2, -0.15) is 4.98 Å². The van der Waals surface area contributed by atoms with Crippen LogP contribution >= 0.6 is 11.8 Å². The number of nitrogens with one attached hydrogen (secondary N) is 1. The minimum absolute atomic E-state index is 0.00179. The molecule has 3 aromatic rings. The van der Waals surface area contributed by atoms with E-state index in [4.69, 9.17) is 0 Å². The van der Waals surface area contributed by atoms with Gasteiger partial charge in [0.2, 0.25) is 11.7 Å². The number of nitrogens with zero attached hydrogens (tertiary/aromatic N) is 4. The van der Waals surface area contributed by atoms with E-state index in [0.717, 1.165) is 17.2 Å². The highest BCUT2D eigenvalue weighted by Crippen LogP contribution is 2.21. The highest BCUT2D eigenvalue weighted by atomic mass is 32.2. The van der Waals surface area contributed by atoms with Gasteiger partial charge in [-0.25, -0.2) is 9.97 Å². The van der Waals surface area contributed by atoms with Gasteiger partial charge in [0.15, 0.2) is 5.16 Å². The number of rotatable bonds is 3. The van der Waals surface area contributed by atoms with Crippen molar-refractivity contribution in [3.63, 3.8) is 0 Å². The number of aromatic amines is 1. The zero-order valence-corrected chi connectivity index (χ0v) is 10.5. The summed E-state index contributed by atoms with van der Waals surface area (Å²) < 4.78 is 1.92. The third kappa shape index (κ3) is 2.17. The molecule has 3 rings (SSSR count). The predicted octanol–water partition coefficient (Wildman–Crippen LogP) is 1.76. The number of H-pyrrole nitrogens is 1. The van der Waals surface area contributed by atoms with Crippen LogP contribution in [0.3, 0.4) is 0 Å². The molecular weight excluding hydrogens is 250 g/mol. The zero-order chi connectivity index (χ0) is 12.5. The van der Waals surface area contributed by atoms with E-state index in [1.54, 1.807) is 0 Å². The second-order valence-electron chi connectivity index (χ2n) is 3.86. The van der Waals surface area contributed by atoms with Crippen LogP contribution in [0.2, 0.25) is 0 Å². The Bertz CT molecular complexity index is 641. The van der Waals surface area contributed by atoms with E-state index in [2.05, 4.69) is 19.9 Å². The third-order valence-electron chi connectivity index (χ3n) is 2.40. The summed E-state index contributed by atoms with van der Waals surface area (Å²) in [5.41, 5.74) is 1.69. The molecule has 0 saturated heterocycles. The molecule has 6 nitrogen and oxygen atoms in total. The van der Waals surface area contributed by atoms with E-state index >= 15 is 0 Å². The van der Waals surface area contributed by atoms with Gasteiger partial charge in [0, 0.05) is 36.1 Å². The fourth-order valence-electron chi connectivity index (χ4n) is 1.65. The van der Waals surface area contributed by atoms with Crippen LogP contribution in [-0.2, 0) is 5.75 Å². The Morgan fingerprint density at radius 3 is 3.06 bits per heavy atom. The lowest BCUT2D eigenvalue weighted by molar-refractivity contribution is 0.444. The molecule has 0 spiro atoms. The fourth-order valence-corrected chi connectivity index (χ4v) is 2.44. The summed E-state index contributed by atoms with van der Waals surface area (Å²) in [7, 11) is 0. The van der Waals surface area contributed by atoms with Crippen molar-refractivity contribution in [1.82, 2.24) is 24.3 Å². The fraction of sp³-hybridized carbons (Fsp3) is 0.182. The lowest BCUT2D eigenvalue weighted by Crippen LogP contribution is -1.90. The van der Waals surface area contributed by atoms with Crippen molar-refractivity contribution in [2.75, 3.05) is 0 Å². The number of hydrogen-bond acceptors (Lipinski definition) is 5. The van der Waals surface area contributed by atoms with Crippen LogP contribution in [0.4, 0.5) is 0 Å². The van der Waals surface area contributed by atoms with Crippen molar-refractivity contribution in [3.05, 3.63) is 36.0 Å². The number of imidazole rings is 2. The van der Waals surface area contributed by atoms with Crippen molar-refractivity contribution in [2.24, 2.45) is 0 Å². The molecule has 0 aliphatic heterocycles. The highest BCUT2D eigenvalue weighted by Gasteiger charge is 2.06. The summed E-state index contributed by atoms with van der Waals surface area (Å²) in [6.45, 7) is 1.82. The first-order chi connectivity index (χ1) is 8.70. The van der Waals surface area contributed by atoms with Crippen LogP contribution in [0.25, 0.3) is 5.78 Å². The molecule has 0 saturated carbocycles.